The highest BCUT2D eigenvalue weighted by Crippen LogP contribution is 2.48. The number of ketones is 1. The van der Waals surface area contributed by atoms with Crippen LogP contribution < -0.4 is 10.0 Å². The van der Waals surface area contributed by atoms with Crippen LogP contribution in [0.3, 0.4) is 0 Å². The third-order valence-electron chi connectivity index (χ3n) is 5.65. The molecular weight excluding hydrogens is 462 g/mol. The molecule has 0 aliphatic carbocycles. The van der Waals surface area contributed by atoms with E-state index in [4.69, 9.17) is 5.10 Å². The zero-order chi connectivity index (χ0) is 24.6. The van der Waals surface area contributed by atoms with Gasteiger partial charge in [-0.2, -0.15) is 10.2 Å². The summed E-state index contributed by atoms with van der Waals surface area (Å²) in [6.45, 7) is 3.48. The van der Waals surface area contributed by atoms with Crippen LogP contribution in [0.25, 0.3) is 0 Å². The fourth-order valence-electron chi connectivity index (χ4n) is 3.89. The van der Waals surface area contributed by atoms with Crippen molar-refractivity contribution in [1.82, 2.24) is 0 Å². The van der Waals surface area contributed by atoms with Crippen molar-refractivity contribution in [1.29, 1.82) is 0 Å². The van der Waals surface area contributed by atoms with Crippen molar-refractivity contribution < 1.29 is 9.72 Å². The van der Waals surface area contributed by atoms with Crippen LogP contribution in [0.15, 0.2) is 101 Å². The van der Waals surface area contributed by atoms with Gasteiger partial charge in [0.1, 0.15) is 0 Å². The van der Waals surface area contributed by atoms with Crippen LogP contribution in [0.5, 0.6) is 0 Å². The molecule has 2 heterocycles. The highest BCUT2D eigenvalue weighted by Gasteiger charge is 2.51. The molecule has 0 radical (unpaired) electrons. The van der Waals surface area contributed by atoms with Gasteiger partial charge in [-0.25, -0.2) is 10.0 Å². The molecule has 2 aliphatic rings. The van der Waals surface area contributed by atoms with Gasteiger partial charge in [0.2, 0.25) is 4.99 Å². The number of hydrogen-bond acceptors (Lipinski definition) is 8. The molecule has 0 unspecified atom stereocenters. The standard InChI is InChI=1S/C26H21N5O3S/c1-18-11-13-20(14-12-18)24-15-16-26(29(27-24)21-7-4-3-5-8-21)30(28-25(35-26)19(2)32)22-9-6-10-23(17-22)31(33)34/h3-17H,1-2H3/t26-/m1/s1. The molecule has 1 spiro atoms. The second-order valence-corrected chi connectivity index (χ2v) is 9.33. The van der Waals surface area contributed by atoms with Gasteiger partial charge in [-0.1, -0.05) is 54.1 Å². The van der Waals surface area contributed by atoms with Crippen LogP contribution in [-0.4, -0.2) is 26.5 Å². The van der Waals surface area contributed by atoms with Gasteiger partial charge in [-0.3, -0.25) is 14.9 Å². The second-order valence-electron chi connectivity index (χ2n) is 8.14. The van der Waals surface area contributed by atoms with E-state index >= 15 is 0 Å². The van der Waals surface area contributed by atoms with Gasteiger partial charge in [0, 0.05) is 24.6 Å². The molecule has 0 aromatic heterocycles. The first kappa shape index (κ1) is 22.5. The Bertz CT molecular complexity index is 1400. The molecule has 9 heteroatoms. The summed E-state index contributed by atoms with van der Waals surface area (Å²) in [7, 11) is 0. The van der Waals surface area contributed by atoms with Crippen molar-refractivity contribution in [2.45, 2.75) is 18.8 Å². The Kier molecular flexibility index (Phi) is 5.70. The Balaban J connectivity index is 1.68. The SMILES string of the molecule is CC(=O)C1=NN(c2cccc([N+](=O)[O-])c2)[C@]2(C=CC(c3ccc(C)cc3)=NN2c2ccccc2)S1. The number of anilines is 2. The Labute approximate surface area is 206 Å². The average molecular weight is 484 g/mol. The number of carbonyl (C=O) groups is 1. The quantitative estimate of drug-likeness (QED) is 0.352. The van der Waals surface area contributed by atoms with E-state index in [1.165, 1.54) is 30.8 Å². The molecule has 0 fully saturated rings. The number of benzene rings is 3. The summed E-state index contributed by atoms with van der Waals surface area (Å²) >= 11 is 1.25. The number of allylic oxidation sites excluding steroid dienone is 1. The summed E-state index contributed by atoms with van der Waals surface area (Å²) in [5.74, 6) is -0.197. The molecule has 0 N–H and O–H groups in total. The number of hydrazone groups is 2. The zero-order valence-electron chi connectivity index (χ0n) is 19.0. The molecule has 174 valence electrons. The van der Waals surface area contributed by atoms with E-state index in [1.807, 2.05) is 78.7 Å². The molecule has 0 amide bonds. The molecule has 3 aromatic rings. The molecule has 3 aromatic carbocycles. The minimum Gasteiger partial charge on any atom is -0.292 e. The van der Waals surface area contributed by atoms with Gasteiger partial charge in [-0.15, -0.1) is 0 Å². The van der Waals surface area contributed by atoms with Gasteiger partial charge in [0.05, 0.1) is 22.0 Å². The molecule has 0 saturated carbocycles. The lowest BCUT2D eigenvalue weighted by Gasteiger charge is -2.43. The van der Waals surface area contributed by atoms with E-state index in [-0.39, 0.29) is 16.5 Å². The van der Waals surface area contributed by atoms with Gasteiger partial charge >= 0.3 is 0 Å². The van der Waals surface area contributed by atoms with E-state index in [1.54, 1.807) is 17.1 Å². The van der Waals surface area contributed by atoms with Gasteiger partial charge in [0.25, 0.3) is 5.69 Å². The summed E-state index contributed by atoms with van der Waals surface area (Å²) in [6.07, 6.45) is 3.84. The molecule has 5 rings (SSSR count). The summed E-state index contributed by atoms with van der Waals surface area (Å²) in [5, 5.41) is 24.8. The van der Waals surface area contributed by atoms with E-state index in [9.17, 15) is 14.9 Å². The van der Waals surface area contributed by atoms with Gasteiger partial charge in [-0.05, 0) is 49.0 Å². The van der Waals surface area contributed by atoms with Crippen molar-refractivity contribution in [3.63, 3.8) is 0 Å². The Morgan fingerprint density at radius 3 is 2.31 bits per heavy atom. The van der Waals surface area contributed by atoms with Crippen LogP contribution >= 0.6 is 11.8 Å². The van der Waals surface area contributed by atoms with Crippen LogP contribution in [0.1, 0.15) is 18.1 Å². The molecule has 1 atom stereocenters. The van der Waals surface area contributed by atoms with E-state index < -0.39 is 9.92 Å². The zero-order valence-corrected chi connectivity index (χ0v) is 19.8. The summed E-state index contributed by atoms with van der Waals surface area (Å²) < 4.78 is 0. The van der Waals surface area contributed by atoms with Crippen LogP contribution in [-0.2, 0) is 4.79 Å². The van der Waals surface area contributed by atoms with Crippen LogP contribution in [0.4, 0.5) is 17.1 Å². The predicted molar refractivity (Wildman–Crippen MR) is 140 cm³/mol. The first-order chi connectivity index (χ1) is 16.9. The van der Waals surface area contributed by atoms with E-state index in [0.717, 1.165) is 22.5 Å². The number of nitrogens with zero attached hydrogens (tertiary/aromatic N) is 5. The Morgan fingerprint density at radius 2 is 1.63 bits per heavy atom. The number of para-hydroxylation sites is 1. The number of carbonyl (C=O) groups excluding carboxylic acids is 1. The minimum atomic E-state index is -1.08. The minimum absolute atomic E-state index is 0.0657. The molecule has 0 bridgehead atoms. The highest BCUT2D eigenvalue weighted by atomic mass is 32.2. The van der Waals surface area contributed by atoms with Crippen molar-refractivity contribution >= 4 is 45.4 Å². The fraction of sp³-hybridized carbons (Fsp3) is 0.115. The first-order valence-electron chi connectivity index (χ1n) is 10.9. The maximum absolute atomic E-state index is 12.4. The first-order valence-corrected chi connectivity index (χ1v) is 11.7. The number of rotatable bonds is 5. The molecular formula is C26H21N5O3S. The predicted octanol–water partition coefficient (Wildman–Crippen LogP) is 5.49. The number of non-ortho nitro benzene ring substituents is 1. The molecule has 35 heavy (non-hydrogen) atoms. The number of hydrogen-bond donors (Lipinski definition) is 0. The number of thioether (sulfide) groups is 1. The third kappa shape index (κ3) is 4.10. The Morgan fingerprint density at radius 1 is 0.943 bits per heavy atom. The number of nitro groups is 1. The number of nitro benzene ring substituents is 1. The Hall–Kier alpha value is -4.24. The third-order valence-corrected chi connectivity index (χ3v) is 6.99. The number of aryl methyl sites for hydroxylation is 1. The smallest absolute Gasteiger partial charge is 0.271 e. The van der Waals surface area contributed by atoms with E-state index in [0.29, 0.717) is 5.69 Å². The van der Waals surface area contributed by atoms with Crippen molar-refractivity contribution in [2.24, 2.45) is 10.2 Å². The fourth-order valence-corrected chi connectivity index (χ4v) is 5.04. The van der Waals surface area contributed by atoms with Crippen molar-refractivity contribution in [2.75, 3.05) is 10.0 Å². The summed E-state index contributed by atoms with van der Waals surface area (Å²) in [6, 6.07) is 23.9. The van der Waals surface area contributed by atoms with E-state index in [2.05, 4.69) is 5.10 Å². The average Bonchev–Trinajstić information content (AvgIpc) is 3.25. The molecule has 8 nitrogen and oxygen atoms in total. The largest absolute Gasteiger partial charge is 0.292 e. The lowest BCUT2D eigenvalue weighted by Crippen LogP contribution is -2.53. The highest BCUT2D eigenvalue weighted by molar-refractivity contribution is 8.17. The topological polar surface area (TPSA) is 91.4 Å². The number of Topliss-reactive ketones (excluding diaryl/α,β-unsaturated/α-hetero) is 1. The van der Waals surface area contributed by atoms with Crippen molar-refractivity contribution in [3.05, 3.63) is 112 Å². The maximum atomic E-state index is 12.4. The van der Waals surface area contributed by atoms with Crippen molar-refractivity contribution in [3.8, 4) is 0 Å². The summed E-state index contributed by atoms with van der Waals surface area (Å²) in [4.78, 5) is 22.4. The summed E-state index contributed by atoms with van der Waals surface area (Å²) in [5.41, 5.74) is 4.03. The monoisotopic (exact) mass is 483 g/mol. The van der Waals surface area contributed by atoms with Crippen LogP contribution in [0, 0.1) is 17.0 Å². The van der Waals surface area contributed by atoms with Crippen LogP contribution in [0.2, 0.25) is 0 Å². The lowest BCUT2D eigenvalue weighted by atomic mass is 10.1. The molecule has 2 aliphatic heterocycles. The van der Waals surface area contributed by atoms with Gasteiger partial charge < -0.3 is 0 Å². The normalized spacial score (nSPS) is 19.0. The van der Waals surface area contributed by atoms with Gasteiger partial charge in [0.15, 0.2) is 10.8 Å². The second kappa shape index (κ2) is 8.84. The lowest BCUT2D eigenvalue weighted by molar-refractivity contribution is -0.384. The molecule has 0 saturated heterocycles. The maximum Gasteiger partial charge on any atom is 0.271 e.